The van der Waals surface area contributed by atoms with E-state index in [1.807, 2.05) is 0 Å². The maximum absolute atomic E-state index is 11.9. The summed E-state index contributed by atoms with van der Waals surface area (Å²) in [6.07, 6.45) is 1.54. The molecular formula is C11H13ClN6O. The largest absolute Gasteiger partial charge is 0.329 e. The van der Waals surface area contributed by atoms with Crippen molar-refractivity contribution in [3.8, 4) is 0 Å². The molecule has 0 fully saturated rings. The van der Waals surface area contributed by atoms with Crippen LogP contribution in [0.4, 0.5) is 5.69 Å². The number of hydrogen-bond donors (Lipinski definition) is 2. The number of hydrogen-bond acceptors (Lipinski definition) is 5. The van der Waals surface area contributed by atoms with Crippen LogP contribution < -0.4 is 11.1 Å². The van der Waals surface area contributed by atoms with Gasteiger partial charge in [-0.05, 0) is 19.1 Å². The number of nitrogens with zero attached hydrogens (tertiary/aromatic N) is 4. The summed E-state index contributed by atoms with van der Waals surface area (Å²) in [6.45, 7) is 2.71. The first-order valence-electron chi connectivity index (χ1n) is 5.65. The van der Waals surface area contributed by atoms with Gasteiger partial charge in [-0.1, -0.05) is 16.8 Å². The number of carbonyl (C=O) groups excluding carboxylic acids is 1. The topological polar surface area (TPSA) is 98.7 Å². The average molecular weight is 281 g/mol. The van der Waals surface area contributed by atoms with Crippen molar-refractivity contribution in [3.05, 3.63) is 34.9 Å². The van der Waals surface area contributed by atoms with E-state index in [1.54, 1.807) is 25.3 Å². The lowest BCUT2D eigenvalue weighted by Crippen LogP contribution is -2.14. The van der Waals surface area contributed by atoms with Gasteiger partial charge in [0.15, 0.2) is 5.69 Å². The Hall–Kier alpha value is -1.99. The monoisotopic (exact) mass is 280 g/mol. The van der Waals surface area contributed by atoms with Crippen LogP contribution in [0.15, 0.2) is 18.3 Å². The molecule has 0 aliphatic carbocycles. The molecule has 19 heavy (non-hydrogen) atoms. The lowest BCUT2D eigenvalue weighted by molar-refractivity contribution is 0.102. The molecule has 0 atom stereocenters. The lowest BCUT2D eigenvalue weighted by Gasteiger charge is -2.05. The highest BCUT2D eigenvalue weighted by Gasteiger charge is 2.12. The van der Waals surface area contributed by atoms with Gasteiger partial charge in [-0.15, -0.1) is 5.10 Å². The molecule has 0 saturated heterocycles. The zero-order chi connectivity index (χ0) is 13.8. The quantitative estimate of drug-likeness (QED) is 0.809. The van der Waals surface area contributed by atoms with Crippen LogP contribution in [0, 0.1) is 6.92 Å². The number of pyridine rings is 1. The number of rotatable bonds is 4. The SMILES string of the molecule is Cc1nc(Cl)ccc1NC(=O)c1cn(CCN)nn1. The van der Waals surface area contributed by atoms with Crippen LogP contribution in [0.5, 0.6) is 0 Å². The van der Waals surface area contributed by atoms with Crippen molar-refractivity contribution in [2.45, 2.75) is 13.5 Å². The minimum absolute atomic E-state index is 0.225. The maximum atomic E-state index is 11.9. The van der Waals surface area contributed by atoms with Gasteiger partial charge in [0.05, 0.1) is 24.1 Å². The molecule has 2 rings (SSSR count). The maximum Gasteiger partial charge on any atom is 0.277 e. The van der Waals surface area contributed by atoms with E-state index in [4.69, 9.17) is 17.3 Å². The summed E-state index contributed by atoms with van der Waals surface area (Å²) in [5.74, 6) is -0.351. The van der Waals surface area contributed by atoms with E-state index in [9.17, 15) is 4.79 Å². The number of nitrogens with two attached hydrogens (primary N) is 1. The molecule has 8 heteroatoms. The zero-order valence-corrected chi connectivity index (χ0v) is 11.1. The third kappa shape index (κ3) is 3.27. The van der Waals surface area contributed by atoms with Crippen molar-refractivity contribution in [2.75, 3.05) is 11.9 Å². The molecule has 100 valence electrons. The van der Waals surface area contributed by atoms with Crippen LogP contribution in [-0.2, 0) is 6.54 Å². The summed E-state index contributed by atoms with van der Waals surface area (Å²) in [5.41, 5.74) is 6.84. The second-order valence-electron chi connectivity index (χ2n) is 3.88. The van der Waals surface area contributed by atoms with Crippen molar-refractivity contribution in [1.82, 2.24) is 20.0 Å². The fourth-order valence-electron chi connectivity index (χ4n) is 1.49. The summed E-state index contributed by atoms with van der Waals surface area (Å²) < 4.78 is 1.52. The molecule has 0 bridgehead atoms. The fraction of sp³-hybridized carbons (Fsp3) is 0.273. The molecule has 7 nitrogen and oxygen atoms in total. The predicted octanol–water partition coefficient (Wildman–Crippen LogP) is 0.846. The summed E-state index contributed by atoms with van der Waals surface area (Å²) in [7, 11) is 0. The molecule has 0 radical (unpaired) electrons. The Morgan fingerprint density at radius 1 is 1.53 bits per heavy atom. The predicted molar refractivity (Wildman–Crippen MR) is 71.0 cm³/mol. The number of amides is 1. The number of nitrogens with one attached hydrogen (secondary N) is 1. The van der Waals surface area contributed by atoms with Gasteiger partial charge in [0.1, 0.15) is 5.15 Å². The van der Waals surface area contributed by atoms with E-state index >= 15 is 0 Å². The van der Waals surface area contributed by atoms with Crippen molar-refractivity contribution in [3.63, 3.8) is 0 Å². The number of anilines is 1. The van der Waals surface area contributed by atoms with Gasteiger partial charge in [-0.3, -0.25) is 9.48 Å². The average Bonchev–Trinajstić information content (AvgIpc) is 2.82. The summed E-state index contributed by atoms with van der Waals surface area (Å²) in [5, 5.41) is 10.7. The van der Waals surface area contributed by atoms with E-state index in [0.717, 1.165) is 0 Å². The molecule has 0 aliphatic heterocycles. The molecule has 0 unspecified atom stereocenters. The third-order valence-corrected chi connectivity index (χ3v) is 2.64. The van der Waals surface area contributed by atoms with Gasteiger partial charge in [0.2, 0.25) is 0 Å². The van der Waals surface area contributed by atoms with E-state index in [-0.39, 0.29) is 11.6 Å². The van der Waals surface area contributed by atoms with Crippen LogP contribution in [0.25, 0.3) is 0 Å². The molecule has 2 aromatic heterocycles. The lowest BCUT2D eigenvalue weighted by atomic mass is 10.3. The highest BCUT2D eigenvalue weighted by atomic mass is 35.5. The van der Waals surface area contributed by atoms with Crippen molar-refractivity contribution < 1.29 is 4.79 Å². The second-order valence-corrected chi connectivity index (χ2v) is 4.26. The van der Waals surface area contributed by atoms with Crippen molar-refractivity contribution in [1.29, 1.82) is 0 Å². The van der Waals surface area contributed by atoms with Crippen LogP contribution in [0.3, 0.4) is 0 Å². The Bertz CT molecular complexity index is 597. The smallest absolute Gasteiger partial charge is 0.277 e. The zero-order valence-electron chi connectivity index (χ0n) is 10.3. The van der Waals surface area contributed by atoms with E-state index < -0.39 is 0 Å². The van der Waals surface area contributed by atoms with Crippen LogP contribution in [0.1, 0.15) is 16.2 Å². The first-order chi connectivity index (χ1) is 9.10. The van der Waals surface area contributed by atoms with Crippen LogP contribution in [0.2, 0.25) is 5.15 Å². The first kappa shape index (κ1) is 13.4. The number of aromatic nitrogens is 4. The number of halogens is 1. The second kappa shape index (κ2) is 5.77. The Balaban J connectivity index is 2.11. The number of aryl methyl sites for hydroxylation is 1. The van der Waals surface area contributed by atoms with Crippen LogP contribution in [-0.4, -0.2) is 32.4 Å². The van der Waals surface area contributed by atoms with Gasteiger partial charge in [-0.25, -0.2) is 4.98 Å². The van der Waals surface area contributed by atoms with E-state index in [0.29, 0.717) is 29.6 Å². The van der Waals surface area contributed by atoms with Gasteiger partial charge in [0.25, 0.3) is 5.91 Å². The Kier molecular flexibility index (Phi) is 4.08. The molecule has 0 aliphatic rings. The van der Waals surface area contributed by atoms with Gasteiger partial charge in [0, 0.05) is 6.54 Å². The van der Waals surface area contributed by atoms with Gasteiger partial charge in [-0.2, -0.15) is 0 Å². The molecule has 0 spiro atoms. The summed E-state index contributed by atoms with van der Waals surface area (Å²) >= 11 is 5.75. The minimum Gasteiger partial charge on any atom is -0.329 e. The third-order valence-electron chi connectivity index (χ3n) is 2.43. The Morgan fingerprint density at radius 2 is 2.32 bits per heavy atom. The molecule has 0 aromatic carbocycles. The fourth-order valence-corrected chi connectivity index (χ4v) is 1.68. The highest BCUT2D eigenvalue weighted by molar-refractivity contribution is 6.29. The van der Waals surface area contributed by atoms with Crippen molar-refractivity contribution >= 4 is 23.2 Å². The van der Waals surface area contributed by atoms with Gasteiger partial charge < -0.3 is 11.1 Å². The number of carbonyl (C=O) groups is 1. The molecule has 3 N–H and O–H groups in total. The molecular weight excluding hydrogens is 268 g/mol. The minimum atomic E-state index is -0.351. The summed E-state index contributed by atoms with van der Waals surface area (Å²) in [6, 6.07) is 3.29. The molecule has 2 heterocycles. The first-order valence-corrected chi connectivity index (χ1v) is 6.02. The normalized spacial score (nSPS) is 10.5. The molecule has 0 saturated carbocycles. The van der Waals surface area contributed by atoms with Crippen LogP contribution >= 0.6 is 11.6 Å². The Labute approximate surface area is 114 Å². The van der Waals surface area contributed by atoms with Gasteiger partial charge >= 0.3 is 0 Å². The standard InChI is InChI=1S/C11H13ClN6O/c1-7-8(2-3-10(12)14-7)15-11(19)9-6-18(5-4-13)17-16-9/h2-3,6H,4-5,13H2,1H3,(H,15,19). The molecule has 1 amide bonds. The van der Waals surface area contributed by atoms with Crippen molar-refractivity contribution in [2.24, 2.45) is 5.73 Å². The highest BCUT2D eigenvalue weighted by Crippen LogP contribution is 2.16. The van der Waals surface area contributed by atoms with E-state index in [1.165, 1.54) is 4.68 Å². The molecule has 2 aromatic rings. The summed E-state index contributed by atoms with van der Waals surface area (Å²) in [4.78, 5) is 16.0. The Morgan fingerprint density at radius 3 is 3.00 bits per heavy atom. The van der Waals surface area contributed by atoms with E-state index in [2.05, 4.69) is 20.6 Å².